The van der Waals surface area contributed by atoms with Crippen molar-refractivity contribution in [2.75, 3.05) is 0 Å². The molecular formula is C10H11NO. The average Bonchev–Trinajstić information content (AvgIpc) is 2.31. The average molecular weight is 161 g/mol. The van der Waals surface area contributed by atoms with Crippen LogP contribution in [0.4, 0.5) is 0 Å². The lowest BCUT2D eigenvalue weighted by Crippen LogP contribution is -1.78. The number of hydrogen-bond acceptors (Lipinski definition) is 2. The smallest absolute Gasteiger partial charge is 0.192 e. The highest BCUT2D eigenvalue weighted by molar-refractivity contribution is 5.61. The van der Waals surface area contributed by atoms with Crippen LogP contribution in [-0.2, 0) is 0 Å². The molecule has 1 aliphatic rings. The van der Waals surface area contributed by atoms with Gasteiger partial charge in [-0.3, -0.25) is 0 Å². The molecule has 0 radical (unpaired) electrons. The number of fused-ring (bicyclic) bond motifs is 1. The van der Waals surface area contributed by atoms with Crippen molar-refractivity contribution < 1.29 is 4.42 Å². The van der Waals surface area contributed by atoms with E-state index in [1.807, 2.05) is 19.1 Å². The predicted molar refractivity (Wildman–Crippen MR) is 48.5 cm³/mol. The molecule has 0 bridgehead atoms. The van der Waals surface area contributed by atoms with Crippen LogP contribution < -0.4 is 0 Å². The summed E-state index contributed by atoms with van der Waals surface area (Å²) in [6, 6.07) is 0. The van der Waals surface area contributed by atoms with E-state index in [1.165, 1.54) is 0 Å². The van der Waals surface area contributed by atoms with Crippen molar-refractivity contribution >= 4 is 12.2 Å². The van der Waals surface area contributed by atoms with Gasteiger partial charge in [0, 0.05) is 6.92 Å². The fourth-order valence-electron chi connectivity index (χ4n) is 1.24. The molecule has 2 rings (SSSR count). The van der Waals surface area contributed by atoms with Crippen LogP contribution in [0.15, 0.2) is 16.6 Å². The SMILES string of the molecule is Cc1nc2c(o1)C=CC(C)C=C2. The van der Waals surface area contributed by atoms with Crippen LogP contribution in [0.25, 0.3) is 12.2 Å². The van der Waals surface area contributed by atoms with Crippen molar-refractivity contribution in [2.24, 2.45) is 5.92 Å². The van der Waals surface area contributed by atoms with Gasteiger partial charge in [0.15, 0.2) is 11.7 Å². The summed E-state index contributed by atoms with van der Waals surface area (Å²) in [7, 11) is 0. The van der Waals surface area contributed by atoms with E-state index in [2.05, 4.69) is 24.1 Å². The second-order valence-corrected chi connectivity index (χ2v) is 3.06. The van der Waals surface area contributed by atoms with Crippen LogP contribution in [-0.4, -0.2) is 4.98 Å². The summed E-state index contributed by atoms with van der Waals surface area (Å²) < 4.78 is 5.39. The zero-order valence-corrected chi connectivity index (χ0v) is 7.24. The lowest BCUT2D eigenvalue weighted by Gasteiger charge is -1.91. The summed E-state index contributed by atoms with van der Waals surface area (Å²) in [6.07, 6.45) is 8.22. The van der Waals surface area contributed by atoms with Crippen molar-refractivity contribution in [1.82, 2.24) is 4.98 Å². The van der Waals surface area contributed by atoms with Crippen molar-refractivity contribution in [2.45, 2.75) is 13.8 Å². The molecule has 2 nitrogen and oxygen atoms in total. The highest BCUT2D eigenvalue weighted by Gasteiger charge is 2.07. The molecule has 1 heterocycles. The Hall–Kier alpha value is -1.31. The molecular weight excluding hydrogens is 150 g/mol. The Morgan fingerprint density at radius 2 is 2.08 bits per heavy atom. The number of allylic oxidation sites excluding steroid dienone is 2. The third kappa shape index (κ3) is 1.20. The molecule has 1 atom stereocenters. The number of nitrogens with zero attached hydrogens (tertiary/aromatic N) is 1. The molecule has 1 aromatic heterocycles. The van der Waals surface area contributed by atoms with E-state index >= 15 is 0 Å². The number of aromatic nitrogens is 1. The van der Waals surface area contributed by atoms with Crippen molar-refractivity contribution in [3.8, 4) is 0 Å². The van der Waals surface area contributed by atoms with Crippen molar-refractivity contribution in [3.63, 3.8) is 0 Å². The highest BCUT2D eigenvalue weighted by Crippen LogP contribution is 2.19. The Morgan fingerprint density at radius 3 is 2.92 bits per heavy atom. The molecule has 12 heavy (non-hydrogen) atoms. The summed E-state index contributed by atoms with van der Waals surface area (Å²) in [5.74, 6) is 2.06. The van der Waals surface area contributed by atoms with E-state index in [1.54, 1.807) is 0 Å². The molecule has 1 aromatic rings. The molecule has 2 heteroatoms. The minimum absolute atomic E-state index is 0.467. The first-order valence-electron chi connectivity index (χ1n) is 4.09. The van der Waals surface area contributed by atoms with E-state index in [-0.39, 0.29) is 0 Å². The Labute approximate surface area is 71.6 Å². The van der Waals surface area contributed by atoms with Gasteiger partial charge in [0.25, 0.3) is 0 Å². The van der Waals surface area contributed by atoms with Crippen LogP contribution in [0.2, 0.25) is 0 Å². The summed E-state index contributed by atoms with van der Waals surface area (Å²) in [5.41, 5.74) is 0.938. The third-order valence-electron chi connectivity index (χ3n) is 1.90. The van der Waals surface area contributed by atoms with Gasteiger partial charge in [-0.05, 0) is 18.1 Å². The normalized spacial score (nSPS) is 20.7. The monoisotopic (exact) mass is 161 g/mol. The van der Waals surface area contributed by atoms with Gasteiger partial charge in [0.05, 0.1) is 0 Å². The molecule has 0 saturated heterocycles. The van der Waals surface area contributed by atoms with Gasteiger partial charge in [-0.25, -0.2) is 4.98 Å². The molecule has 1 unspecified atom stereocenters. The van der Waals surface area contributed by atoms with E-state index < -0.39 is 0 Å². The first kappa shape index (κ1) is 7.35. The maximum absolute atomic E-state index is 5.39. The van der Waals surface area contributed by atoms with E-state index in [0.29, 0.717) is 5.92 Å². The lowest BCUT2D eigenvalue weighted by molar-refractivity contribution is 0.512. The minimum Gasteiger partial charge on any atom is -0.441 e. The maximum atomic E-state index is 5.39. The van der Waals surface area contributed by atoms with Gasteiger partial charge < -0.3 is 4.42 Å². The number of oxazole rings is 1. The van der Waals surface area contributed by atoms with Gasteiger partial charge in [-0.2, -0.15) is 0 Å². The minimum atomic E-state index is 0.467. The fourth-order valence-corrected chi connectivity index (χ4v) is 1.24. The van der Waals surface area contributed by atoms with Crippen LogP contribution in [0.5, 0.6) is 0 Å². The first-order chi connectivity index (χ1) is 5.75. The predicted octanol–water partition coefficient (Wildman–Crippen LogP) is 2.66. The maximum Gasteiger partial charge on any atom is 0.192 e. The second kappa shape index (κ2) is 2.63. The highest BCUT2D eigenvalue weighted by atomic mass is 16.4. The van der Waals surface area contributed by atoms with Crippen LogP contribution in [0.3, 0.4) is 0 Å². The van der Waals surface area contributed by atoms with Crippen molar-refractivity contribution in [3.05, 3.63) is 29.5 Å². The Morgan fingerprint density at radius 1 is 1.33 bits per heavy atom. The Bertz CT molecular complexity index is 315. The molecule has 62 valence electrons. The number of aryl methyl sites for hydroxylation is 1. The second-order valence-electron chi connectivity index (χ2n) is 3.06. The van der Waals surface area contributed by atoms with Gasteiger partial charge in [-0.1, -0.05) is 19.1 Å². The van der Waals surface area contributed by atoms with Crippen LogP contribution in [0.1, 0.15) is 24.3 Å². The molecule has 0 amide bonds. The summed E-state index contributed by atoms with van der Waals surface area (Å²) >= 11 is 0. The van der Waals surface area contributed by atoms with E-state index in [4.69, 9.17) is 4.42 Å². The summed E-state index contributed by atoms with van der Waals surface area (Å²) in [6.45, 7) is 3.99. The zero-order chi connectivity index (χ0) is 8.55. The fraction of sp³-hybridized carbons (Fsp3) is 0.300. The van der Waals surface area contributed by atoms with Gasteiger partial charge in [0.2, 0.25) is 0 Å². The standard InChI is InChI=1S/C10H11NO/c1-7-3-5-9-10(6-4-7)12-8(2)11-9/h3-7H,1-2H3. The molecule has 1 aliphatic carbocycles. The third-order valence-corrected chi connectivity index (χ3v) is 1.90. The van der Waals surface area contributed by atoms with E-state index in [9.17, 15) is 0 Å². The van der Waals surface area contributed by atoms with Crippen molar-refractivity contribution in [1.29, 1.82) is 0 Å². The molecule has 0 spiro atoms. The Balaban J connectivity index is 2.49. The topological polar surface area (TPSA) is 26.0 Å². The van der Waals surface area contributed by atoms with Crippen LogP contribution >= 0.6 is 0 Å². The summed E-state index contributed by atoms with van der Waals surface area (Å²) in [4.78, 5) is 4.24. The van der Waals surface area contributed by atoms with Gasteiger partial charge in [0.1, 0.15) is 5.69 Å². The van der Waals surface area contributed by atoms with Gasteiger partial charge in [-0.15, -0.1) is 0 Å². The molecule has 0 fully saturated rings. The lowest BCUT2D eigenvalue weighted by atomic mass is 10.2. The Kier molecular flexibility index (Phi) is 1.61. The quantitative estimate of drug-likeness (QED) is 0.584. The zero-order valence-electron chi connectivity index (χ0n) is 7.24. The number of rotatable bonds is 0. The van der Waals surface area contributed by atoms with Crippen LogP contribution in [0, 0.1) is 12.8 Å². The number of hydrogen-bond donors (Lipinski definition) is 0. The van der Waals surface area contributed by atoms with Gasteiger partial charge >= 0.3 is 0 Å². The molecule has 0 aromatic carbocycles. The first-order valence-corrected chi connectivity index (χ1v) is 4.09. The molecule has 0 aliphatic heterocycles. The largest absolute Gasteiger partial charge is 0.441 e. The summed E-state index contributed by atoms with van der Waals surface area (Å²) in [5, 5.41) is 0. The molecule has 0 saturated carbocycles. The van der Waals surface area contributed by atoms with E-state index in [0.717, 1.165) is 17.3 Å². The molecule has 0 N–H and O–H groups in total.